The maximum absolute atomic E-state index is 9.14. The smallest absolute Gasteiger partial charge is 0.0434 e. The molecule has 3 heteroatoms. The summed E-state index contributed by atoms with van der Waals surface area (Å²) in [7, 11) is 0. The van der Waals surface area contributed by atoms with Gasteiger partial charge in [-0.05, 0) is 63.5 Å². The van der Waals surface area contributed by atoms with Crippen molar-refractivity contribution in [2.45, 2.75) is 64.3 Å². The molecule has 2 N–H and O–H groups in total. The molecule has 118 valence electrons. The average molecular weight is 282 g/mol. The molecule has 0 aromatic carbocycles. The lowest BCUT2D eigenvalue weighted by Gasteiger charge is -2.39. The third-order valence-corrected chi connectivity index (χ3v) is 5.20. The lowest BCUT2D eigenvalue weighted by molar-refractivity contribution is 0.109. The van der Waals surface area contributed by atoms with Crippen molar-refractivity contribution < 1.29 is 5.11 Å². The lowest BCUT2D eigenvalue weighted by atomic mass is 9.83. The second kappa shape index (κ2) is 9.01. The second-order valence-electron chi connectivity index (χ2n) is 6.89. The molecule has 1 saturated heterocycles. The fourth-order valence-corrected chi connectivity index (χ4v) is 4.09. The van der Waals surface area contributed by atoms with E-state index < -0.39 is 0 Å². The van der Waals surface area contributed by atoms with Gasteiger partial charge in [-0.25, -0.2) is 0 Å². The van der Waals surface area contributed by atoms with Crippen LogP contribution in [0.4, 0.5) is 0 Å². The van der Waals surface area contributed by atoms with Crippen molar-refractivity contribution in [3.63, 3.8) is 0 Å². The van der Waals surface area contributed by atoms with Crippen LogP contribution in [0.1, 0.15) is 58.3 Å². The summed E-state index contributed by atoms with van der Waals surface area (Å²) in [5.74, 6) is 1.59. The Morgan fingerprint density at radius 3 is 2.80 bits per heavy atom. The van der Waals surface area contributed by atoms with Crippen LogP contribution in [-0.4, -0.2) is 48.8 Å². The average Bonchev–Trinajstić information content (AvgIpc) is 2.47. The molecule has 0 amide bonds. The zero-order valence-corrected chi connectivity index (χ0v) is 13.3. The fourth-order valence-electron chi connectivity index (χ4n) is 4.09. The summed E-state index contributed by atoms with van der Waals surface area (Å²) in [6.45, 7) is 7.58. The molecule has 20 heavy (non-hydrogen) atoms. The van der Waals surface area contributed by atoms with Gasteiger partial charge in [-0.2, -0.15) is 0 Å². The summed E-state index contributed by atoms with van der Waals surface area (Å²) in [6.07, 6.45) is 10.5. The van der Waals surface area contributed by atoms with Crippen LogP contribution in [0.25, 0.3) is 0 Å². The Bertz CT molecular complexity index is 257. The molecule has 1 heterocycles. The molecule has 2 aliphatic rings. The first-order valence-corrected chi connectivity index (χ1v) is 8.90. The molecule has 3 nitrogen and oxygen atoms in total. The summed E-state index contributed by atoms with van der Waals surface area (Å²) in [5.41, 5.74) is 0. The highest BCUT2D eigenvalue weighted by molar-refractivity contribution is 4.84. The van der Waals surface area contributed by atoms with Gasteiger partial charge in [0.05, 0.1) is 0 Å². The van der Waals surface area contributed by atoms with Crippen LogP contribution < -0.4 is 5.32 Å². The molecular weight excluding hydrogens is 248 g/mol. The maximum Gasteiger partial charge on any atom is 0.0434 e. The van der Waals surface area contributed by atoms with E-state index in [9.17, 15) is 0 Å². The molecule has 1 aliphatic heterocycles. The number of likely N-dealkylation sites (tertiary alicyclic amines) is 1. The zero-order chi connectivity index (χ0) is 14.2. The molecule has 0 aromatic rings. The predicted octanol–water partition coefficient (Wildman–Crippen LogP) is 2.64. The van der Waals surface area contributed by atoms with Gasteiger partial charge in [0.2, 0.25) is 0 Å². The number of aliphatic hydroxyl groups is 1. The van der Waals surface area contributed by atoms with Crippen LogP contribution >= 0.6 is 0 Å². The van der Waals surface area contributed by atoms with Gasteiger partial charge in [0.1, 0.15) is 0 Å². The van der Waals surface area contributed by atoms with E-state index in [-0.39, 0.29) is 0 Å². The number of hydrogen-bond donors (Lipinski definition) is 2. The lowest BCUT2D eigenvalue weighted by Crippen LogP contribution is -2.46. The molecule has 2 rings (SSSR count). The SMILES string of the molecule is CCCNC1CCCCC1CN1CCCC(CCO)C1. The van der Waals surface area contributed by atoms with Gasteiger partial charge in [0.15, 0.2) is 0 Å². The minimum atomic E-state index is 0.364. The Hall–Kier alpha value is -0.120. The van der Waals surface area contributed by atoms with E-state index in [0.29, 0.717) is 6.61 Å². The van der Waals surface area contributed by atoms with Crippen LogP contribution in [0.3, 0.4) is 0 Å². The Morgan fingerprint density at radius 2 is 2.00 bits per heavy atom. The molecule has 3 unspecified atom stereocenters. The van der Waals surface area contributed by atoms with Crippen molar-refractivity contribution >= 4 is 0 Å². The number of rotatable bonds is 7. The summed E-state index contributed by atoms with van der Waals surface area (Å²) >= 11 is 0. The van der Waals surface area contributed by atoms with E-state index in [1.807, 2.05) is 0 Å². The first-order chi connectivity index (χ1) is 9.83. The molecular formula is C17H34N2O. The third-order valence-electron chi connectivity index (χ3n) is 5.20. The van der Waals surface area contributed by atoms with E-state index in [2.05, 4.69) is 17.1 Å². The second-order valence-corrected chi connectivity index (χ2v) is 6.89. The van der Waals surface area contributed by atoms with Crippen molar-refractivity contribution in [2.24, 2.45) is 11.8 Å². The van der Waals surface area contributed by atoms with Gasteiger partial charge in [-0.1, -0.05) is 19.8 Å². The maximum atomic E-state index is 9.14. The zero-order valence-electron chi connectivity index (χ0n) is 13.3. The molecule has 0 spiro atoms. The topological polar surface area (TPSA) is 35.5 Å². The molecule has 0 aromatic heterocycles. The molecule has 0 radical (unpaired) electrons. The van der Waals surface area contributed by atoms with E-state index in [4.69, 9.17) is 5.11 Å². The quantitative estimate of drug-likeness (QED) is 0.753. The van der Waals surface area contributed by atoms with Gasteiger partial charge in [-0.3, -0.25) is 0 Å². The van der Waals surface area contributed by atoms with Crippen molar-refractivity contribution in [1.29, 1.82) is 0 Å². The normalized spacial score (nSPS) is 32.4. The Balaban J connectivity index is 1.79. The summed E-state index contributed by atoms with van der Waals surface area (Å²) < 4.78 is 0. The van der Waals surface area contributed by atoms with Crippen LogP contribution in [0.5, 0.6) is 0 Å². The highest BCUT2D eigenvalue weighted by atomic mass is 16.3. The van der Waals surface area contributed by atoms with Crippen LogP contribution in [0.2, 0.25) is 0 Å². The van der Waals surface area contributed by atoms with Crippen molar-refractivity contribution in [3.05, 3.63) is 0 Å². The summed E-state index contributed by atoms with van der Waals surface area (Å²) in [5, 5.41) is 12.9. The van der Waals surface area contributed by atoms with E-state index in [0.717, 1.165) is 24.3 Å². The Morgan fingerprint density at radius 1 is 1.15 bits per heavy atom. The van der Waals surface area contributed by atoms with Gasteiger partial charge in [-0.15, -0.1) is 0 Å². The van der Waals surface area contributed by atoms with Crippen LogP contribution in [0.15, 0.2) is 0 Å². The highest BCUT2D eigenvalue weighted by Crippen LogP contribution is 2.27. The number of aliphatic hydroxyl groups excluding tert-OH is 1. The van der Waals surface area contributed by atoms with Crippen molar-refractivity contribution in [2.75, 3.05) is 32.8 Å². The summed E-state index contributed by atoms with van der Waals surface area (Å²) in [4.78, 5) is 2.68. The van der Waals surface area contributed by atoms with Gasteiger partial charge >= 0.3 is 0 Å². The summed E-state index contributed by atoms with van der Waals surface area (Å²) in [6, 6.07) is 0.752. The first-order valence-electron chi connectivity index (χ1n) is 8.90. The number of nitrogens with one attached hydrogen (secondary N) is 1. The molecule has 1 saturated carbocycles. The van der Waals surface area contributed by atoms with Crippen LogP contribution in [0, 0.1) is 11.8 Å². The molecule has 1 aliphatic carbocycles. The third kappa shape index (κ3) is 5.01. The first kappa shape index (κ1) is 16.3. The van der Waals surface area contributed by atoms with Crippen molar-refractivity contribution in [1.82, 2.24) is 10.2 Å². The molecule has 0 bridgehead atoms. The minimum absolute atomic E-state index is 0.364. The van der Waals surface area contributed by atoms with E-state index in [1.165, 1.54) is 71.1 Å². The van der Waals surface area contributed by atoms with Crippen LogP contribution in [-0.2, 0) is 0 Å². The molecule has 2 fully saturated rings. The van der Waals surface area contributed by atoms with Gasteiger partial charge < -0.3 is 15.3 Å². The van der Waals surface area contributed by atoms with Gasteiger partial charge in [0, 0.05) is 25.7 Å². The number of nitrogens with zero attached hydrogens (tertiary/aromatic N) is 1. The van der Waals surface area contributed by atoms with Gasteiger partial charge in [0.25, 0.3) is 0 Å². The fraction of sp³-hybridized carbons (Fsp3) is 1.00. The predicted molar refractivity (Wildman–Crippen MR) is 84.9 cm³/mol. The highest BCUT2D eigenvalue weighted by Gasteiger charge is 2.28. The number of piperidine rings is 1. The number of hydrogen-bond acceptors (Lipinski definition) is 3. The van der Waals surface area contributed by atoms with E-state index >= 15 is 0 Å². The molecule has 3 atom stereocenters. The van der Waals surface area contributed by atoms with E-state index in [1.54, 1.807) is 0 Å². The Labute approximate surface area is 125 Å². The Kier molecular flexibility index (Phi) is 7.32. The van der Waals surface area contributed by atoms with Crippen molar-refractivity contribution in [3.8, 4) is 0 Å². The monoisotopic (exact) mass is 282 g/mol. The minimum Gasteiger partial charge on any atom is -0.396 e. The standard InChI is InChI=1S/C17H34N2O/c1-2-10-18-17-8-4-3-7-16(17)14-19-11-5-6-15(13-19)9-12-20/h15-18,20H,2-14H2,1H3. The largest absolute Gasteiger partial charge is 0.396 e.